The summed E-state index contributed by atoms with van der Waals surface area (Å²) in [6, 6.07) is 5.92. The largest absolute Gasteiger partial charge is 0.423 e. The van der Waals surface area contributed by atoms with Gasteiger partial charge in [-0.25, -0.2) is 4.79 Å². The number of nitrogens with zero attached hydrogens (tertiary/aromatic N) is 3. The number of aryl methyl sites for hydroxylation is 3. The summed E-state index contributed by atoms with van der Waals surface area (Å²) in [5.41, 5.74) is 4.20. The zero-order valence-corrected chi connectivity index (χ0v) is 15.5. The third-order valence-electron chi connectivity index (χ3n) is 5.47. The van der Waals surface area contributed by atoms with Crippen molar-refractivity contribution in [1.82, 2.24) is 14.8 Å². The highest BCUT2D eigenvalue weighted by molar-refractivity contribution is 7.98. The molecule has 0 amide bonds. The van der Waals surface area contributed by atoms with Gasteiger partial charge in [0.1, 0.15) is 11.4 Å². The molecule has 5 rings (SSSR count). The summed E-state index contributed by atoms with van der Waals surface area (Å²) in [5, 5.41) is 10.8. The number of hydrogen-bond acceptors (Lipinski definition) is 5. The molecule has 0 fully saturated rings. The first-order chi connectivity index (χ1) is 12.8. The molecule has 3 heterocycles. The maximum atomic E-state index is 12.0. The van der Waals surface area contributed by atoms with Crippen LogP contribution >= 0.6 is 11.8 Å². The molecule has 26 heavy (non-hydrogen) atoms. The molecule has 5 nitrogen and oxygen atoms in total. The summed E-state index contributed by atoms with van der Waals surface area (Å²) in [4.78, 5) is 12.0. The lowest BCUT2D eigenvalue weighted by Gasteiger charge is -2.09. The van der Waals surface area contributed by atoms with Crippen molar-refractivity contribution in [2.75, 3.05) is 0 Å². The summed E-state index contributed by atoms with van der Waals surface area (Å²) >= 11 is 1.67. The molecule has 0 bridgehead atoms. The SMILES string of the molecule is O=c1cc(CSc2nnc3n2CCCCC3)c2cc3c(cc2o1)CCC3. The van der Waals surface area contributed by atoms with Gasteiger partial charge in [-0.15, -0.1) is 10.2 Å². The molecule has 0 saturated heterocycles. The molecular formula is C20H21N3O2S. The number of thioether (sulfide) groups is 1. The number of fused-ring (bicyclic) bond motifs is 3. The summed E-state index contributed by atoms with van der Waals surface area (Å²) in [5.74, 6) is 1.80. The van der Waals surface area contributed by atoms with Gasteiger partial charge >= 0.3 is 5.63 Å². The zero-order chi connectivity index (χ0) is 17.5. The van der Waals surface area contributed by atoms with E-state index in [4.69, 9.17) is 4.42 Å². The summed E-state index contributed by atoms with van der Waals surface area (Å²) in [7, 11) is 0. The van der Waals surface area contributed by atoms with Gasteiger partial charge in [-0.3, -0.25) is 0 Å². The monoisotopic (exact) mass is 367 g/mol. The van der Waals surface area contributed by atoms with Gasteiger partial charge in [0.25, 0.3) is 0 Å². The molecule has 0 unspecified atom stereocenters. The highest BCUT2D eigenvalue weighted by Gasteiger charge is 2.18. The van der Waals surface area contributed by atoms with Gasteiger partial charge in [-0.05, 0) is 60.9 Å². The van der Waals surface area contributed by atoms with Crippen LogP contribution in [0.3, 0.4) is 0 Å². The van der Waals surface area contributed by atoms with E-state index in [1.807, 2.05) is 0 Å². The normalized spacial score (nSPS) is 16.5. The minimum Gasteiger partial charge on any atom is -0.423 e. The molecule has 2 aromatic heterocycles. The van der Waals surface area contributed by atoms with Gasteiger partial charge in [0.15, 0.2) is 5.16 Å². The van der Waals surface area contributed by atoms with Crippen molar-refractivity contribution in [3.05, 3.63) is 51.1 Å². The lowest BCUT2D eigenvalue weighted by Crippen LogP contribution is -2.03. The Morgan fingerprint density at radius 2 is 1.88 bits per heavy atom. The minimum atomic E-state index is -0.272. The Kier molecular flexibility index (Phi) is 4.08. The quantitative estimate of drug-likeness (QED) is 0.519. The maximum absolute atomic E-state index is 12.0. The van der Waals surface area contributed by atoms with Gasteiger partial charge in [-0.1, -0.05) is 18.2 Å². The summed E-state index contributed by atoms with van der Waals surface area (Å²) < 4.78 is 7.73. The van der Waals surface area contributed by atoms with E-state index in [0.717, 1.165) is 47.7 Å². The standard InChI is InChI=1S/C20H21N3O2S/c24-19-11-15(16-9-13-5-4-6-14(13)10-17(16)25-19)12-26-20-22-21-18-7-2-1-3-8-23(18)20/h9-11H,1-8,12H2. The van der Waals surface area contributed by atoms with Crippen LogP contribution in [-0.4, -0.2) is 14.8 Å². The third kappa shape index (κ3) is 2.86. The average Bonchev–Trinajstić information content (AvgIpc) is 3.17. The Morgan fingerprint density at radius 3 is 2.81 bits per heavy atom. The second-order valence-corrected chi connectivity index (χ2v) is 8.15. The van der Waals surface area contributed by atoms with E-state index < -0.39 is 0 Å². The topological polar surface area (TPSA) is 60.9 Å². The van der Waals surface area contributed by atoms with E-state index in [0.29, 0.717) is 11.3 Å². The molecule has 0 N–H and O–H groups in total. The van der Waals surface area contributed by atoms with Crippen molar-refractivity contribution < 1.29 is 4.42 Å². The lowest BCUT2D eigenvalue weighted by molar-refractivity contribution is 0.559. The van der Waals surface area contributed by atoms with Crippen LogP contribution in [0.1, 0.15) is 48.2 Å². The second-order valence-electron chi connectivity index (χ2n) is 7.21. The molecule has 1 aromatic carbocycles. The van der Waals surface area contributed by atoms with Crippen LogP contribution in [-0.2, 0) is 31.6 Å². The Hall–Kier alpha value is -2.08. The molecule has 0 radical (unpaired) electrons. The Bertz CT molecular complexity index is 1040. The van der Waals surface area contributed by atoms with Crippen LogP contribution < -0.4 is 5.63 Å². The van der Waals surface area contributed by atoms with E-state index in [1.54, 1.807) is 17.8 Å². The minimum absolute atomic E-state index is 0.272. The lowest BCUT2D eigenvalue weighted by atomic mass is 10.0. The Balaban J connectivity index is 1.48. The first-order valence-corrected chi connectivity index (χ1v) is 10.4. The van der Waals surface area contributed by atoms with Crippen molar-refractivity contribution in [2.45, 2.75) is 62.4 Å². The van der Waals surface area contributed by atoms with Crippen LogP contribution in [0, 0.1) is 0 Å². The van der Waals surface area contributed by atoms with Crippen LogP contribution in [0.2, 0.25) is 0 Å². The maximum Gasteiger partial charge on any atom is 0.336 e. The fourth-order valence-corrected chi connectivity index (χ4v) is 5.10. The molecular weight excluding hydrogens is 346 g/mol. The van der Waals surface area contributed by atoms with Crippen LogP contribution in [0.15, 0.2) is 32.6 Å². The highest BCUT2D eigenvalue weighted by atomic mass is 32.2. The molecule has 3 aromatic rings. The second kappa shape index (κ2) is 6.58. The summed E-state index contributed by atoms with van der Waals surface area (Å²) in [6.07, 6.45) is 8.03. The molecule has 2 aliphatic rings. The van der Waals surface area contributed by atoms with E-state index in [9.17, 15) is 4.79 Å². The predicted molar refractivity (Wildman–Crippen MR) is 102 cm³/mol. The fraction of sp³-hybridized carbons (Fsp3) is 0.450. The van der Waals surface area contributed by atoms with Gasteiger partial charge in [0.2, 0.25) is 0 Å². The van der Waals surface area contributed by atoms with Crippen molar-refractivity contribution in [3.63, 3.8) is 0 Å². The van der Waals surface area contributed by atoms with E-state index in [1.165, 1.54) is 36.8 Å². The van der Waals surface area contributed by atoms with Crippen molar-refractivity contribution in [1.29, 1.82) is 0 Å². The number of aromatic nitrogens is 3. The zero-order valence-electron chi connectivity index (χ0n) is 14.7. The Morgan fingerprint density at radius 1 is 1.00 bits per heavy atom. The summed E-state index contributed by atoms with van der Waals surface area (Å²) in [6.45, 7) is 0.996. The van der Waals surface area contributed by atoms with E-state index in [-0.39, 0.29) is 5.63 Å². The first kappa shape index (κ1) is 16.1. The van der Waals surface area contributed by atoms with Gasteiger partial charge in [0, 0.05) is 30.2 Å². The molecule has 134 valence electrons. The molecule has 6 heteroatoms. The number of rotatable bonds is 3. The Labute approximate surface area is 155 Å². The highest BCUT2D eigenvalue weighted by Crippen LogP contribution is 2.31. The van der Waals surface area contributed by atoms with E-state index in [2.05, 4.69) is 26.9 Å². The van der Waals surface area contributed by atoms with Crippen LogP contribution in [0.4, 0.5) is 0 Å². The third-order valence-corrected chi connectivity index (χ3v) is 6.49. The van der Waals surface area contributed by atoms with Crippen LogP contribution in [0.25, 0.3) is 11.0 Å². The molecule has 0 spiro atoms. The number of benzene rings is 1. The number of hydrogen-bond donors (Lipinski definition) is 0. The molecule has 1 aliphatic heterocycles. The van der Waals surface area contributed by atoms with Crippen molar-refractivity contribution in [2.24, 2.45) is 0 Å². The van der Waals surface area contributed by atoms with Crippen molar-refractivity contribution in [3.8, 4) is 0 Å². The van der Waals surface area contributed by atoms with Crippen LogP contribution in [0.5, 0.6) is 0 Å². The van der Waals surface area contributed by atoms with Gasteiger partial charge in [-0.2, -0.15) is 0 Å². The average molecular weight is 367 g/mol. The van der Waals surface area contributed by atoms with Gasteiger partial charge < -0.3 is 8.98 Å². The molecule has 1 aliphatic carbocycles. The molecule has 0 saturated carbocycles. The predicted octanol–water partition coefficient (Wildman–Crippen LogP) is 3.89. The van der Waals surface area contributed by atoms with E-state index >= 15 is 0 Å². The fourth-order valence-electron chi connectivity index (χ4n) is 4.12. The van der Waals surface area contributed by atoms with Gasteiger partial charge in [0.05, 0.1) is 0 Å². The smallest absolute Gasteiger partial charge is 0.336 e. The van der Waals surface area contributed by atoms with Crippen molar-refractivity contribution >= 4 is 22.7 Å². The first-order valence-electron chi connectivity index (χ1n) is 9.41. The molecule has 0 atom stereocenters.